The van der Waals surface area contributed by atoms with Gasteiger partial charge in [-0.3, -0.25) is 14.4 Å². The summed E-state index contributed by atoms with van der Waals surface area (Å²) in [6.45, 7) is 1.41. The van der Waals surface area contributed by atoms with Gasteiger partial charge in [-0.2, -0.15) is 18.3 Å². The number of hydrogen-bond donors (Lipinski definition) is 0. The van der Waals surface area contributed by atoms with Gasteiger partial charge in [-0.1, -0.05) is 42.5 Å². The van der Waals surface area contributed by atoms with E-state index in [4.69, 9.17) is 0 Å². The second-order valence-electron chi connectivity index (χ2n) is 7.46. The average Bonchev–Trinajstić information content (AvgIpc) is 2.81. The number of hydrogen-bond acceptors (Lipinski definition) is 5. The number of amides is 1. The number of carbonyl (C=O) groups is 2. The van der Waals surface area contributed by atoms with Crippen LogP contribution in [0, 0.1) is 6.92 Å². The number of benzene rings is 2. The minimum absolute atomic E-state index is 0.0603. The lowest BCUT2D eigenvalue weighted by molar-refractivity contribution is -0.141. The Labute approximate surface area is 193 Å². The van der Waals surface area contributed by atoms with E-state index in [1.54, 1.807) is 30.3 Å². The van der Waals surface area contributed by atoms with Crippen molar-refractivity contribution < 1.29 is 27.5 Å². The van der Waals surface area contributed by atoms with Crippen LogP contribution in [0.5, 0.6) is 0 Å². The number of aromatic nitrogens is 2. The van der Waals surface area contributed by atoms with Crippen LogP contribution in [0.3, 0.4) is 0 Å². The SMILES string of the molecule is COC(=O)CCN(Cc1ccccc1)C(=O)c1nn(-c2ccccc2C(F)(F)F)c(C)cc1=O. The number of halogens is 3. The molecule has 3 aromatic rings. The molecule has 3 rings (SSSR count). The van der Waals surface area contributed by atoms with E-state index in [1.165, 1.54) is 37.1 Å². The minimum Gasteiger partial charge on any atom is -0.469 e. The van der Waals surface area contributed by atoms with Gasteiger partial charge in [-0.15, -0.1) is 0 Å². The molecule has 0 saturated carbocycles. The van der Waals surface area contributed by atoms with E-state index in [-0.39, 0.29) is 30.9 Å². The third kappa shape index (κ3) is 5.69. The molecule has 0 fully saturated rings. The zero-order valence-electron chi connectivity index (χ0n) is 18.5. The number of methoxy groups -OCH3 is 1. The van der Waals surface area contributed by atoms with E-state index in [0.717, 1.165) is 22.4 Å². The fraction of sp³-hybridized carbons (Fsp3) is 0.250. The predicted octanol–water partition coefficient (Wildman–Crippen LogP) is 3.77. The van der Waals surface area contributed by atoms with E-state index in [0.29, 0.717) is 0 Å². The van der Waals surface area contributed by atoms with E-state index in [1.807, 2.05) is 0 Å². The van der Waals surface area contributed by atoms with E-state index in [9.17, 15) is 27.6 Å². The normalized spacial score (nSPS) is 11.2. The van der Waals surface area contributed by atoms with Crippen LogP contribution in [0.2, 0.25) is 0 Å². The Morgan fingerprint density at radius 2 is 1.71 bits per heavy atom. The first-order valence-corrected chi connectivity index (χ1v) is 10.3. The molecular formula is C24H22F3N3O4. The van der Waals surface area contributed by atoms with Crippen LogP contribution in [0.15, 0.2) is 65.5 Å². The highest BCUT2D eigenvalue weighted by atomic mass is 19.4. The van der Waals surface area contributed by atoms with Gasteiger partial charge in [0.05, 0.1) is 24.8 Å². The summed E-state index contributed by atoms with van der Waals surface area (Å²) in [6, 6.07) is 14.7. The van der Waals surface area contributed by atoms with Crippen molar-refractivity contribution in [3.8, 4) is 5.69 Å². The monoisotopic (exact) mass is 473 g/mol. The zero-order chi connectivity index (χ0) is 24.9. The zero-order valence-corrected chi connectivity index (χ0v) is 18.5. The van der Waals surface area contributed by atoms with Crippen molar-refractivity contribution in [3.05, 3.63) is 93.4 Å². The maximum Gasteiger partial charge on any atom is 0.418 e. The largest absolute Gasteiger partial charge is 0.469 e. The molecular weight excluding hydrogens is 451 g/mol. The van der Waals surface area contributed by atoms with Gasteiger partial charge in [-0.05, 0) is 24.6 Å². The fourth-order valence-corrected chi connectivity index (χ4v) is 3.37. The molecule has 0 aliphatic carbocycles. The molecule has 0 saturated heterocycles. The van der Waals surface area contributed by atoms with Crippen LogP contribution in [0.4, 0.5) is 13.2 Å². The van der Waals surface area contributed by atoms with Gasteiger partial charge >= 0.3 is 12.1 Å². The number of alkyl halides is 3. The molecule has 0 N–H and O–H groups in total. The van der Waals surface area contributed by atoms with Crippen LogP contribution in [-0.2, 0) is 22.3 Å². The summed E-state index contributed by atoms with van der Waals surface area (Å²) in [6.07, 6.45) is -4.80. The topological polar surface area (TPSA) is 81.5 Å². The smallest absolute Gasteiger partial charge is 0.418 e. The molecule has 0 bridgehead atoms. The Kier molecular flexibility index (Phi) is 7.50. The number of nitrogens with zero attached hydrogens (tertiary/aromatic N) is 3. The fourth-order valence-electron chi connectivity index (χ4n) is 3.37. The van der Waals surface area contributed by atoms with Crippen LogP contribution >= 0.6 is 0 Å². The maximum atomic E-state index is 13.6. The molecule has 34 heavy (non-hydrogen) atoms. The van der Waals surface area contributed by atoms with Gasteiger partial charge in [0.2, 0.25) is 5.43 Å². The first kappa shape index (κ1) is 24.7. The third-order valence-corrected chi connectivity index (χ3v) is 5.06. The lowest BCUT2D eigenvalue weighted by atomic mass is 10.1. The van der Waals surface area contributed by atoms with Crippen molar-refractivity contribution in [2.75, 3.05) is 13.7 Å². The summed E-state index contributed by atoms with van der Waals surface area (Å²) >= 11 is 0. The lowest BCUT2D eigenvalue weighted by Crippen LogP contribution is -2.37. The number of esters is 1. The first-order valence-electron chi connectivity index (χ1n) is 10.3. The average molecular weight is 473 g/mol. The number of ether oxygens (including phenoxy) is 1. The Hall–Kier alpha value is -3.95. The van der Waals surface area contributed by atoms with Crippen molar-refractivity contribution in [1.29, 1.82) is 0 Å². The Morgan fingerprint density at radius 1 is 1.06 bits per heavy atom. The first-order chi connectivity index (χ1) is 16.1. The molecule has 2 aromatic carbocycles. The molecule has 1 aromatic heterocycles. The molecule has 0 atom stereocenters. The van der Waals surface area contributed by atoms with E-state index < -0.39 is 34.7 Å². The molecule has 0 spiro atoms. The van der Waals surface area contributed by atoms with Crippen molar-refractivity contribution in [2.45, 2.75) is 26.1 Å². The van der Waals surface area contributed by atoms with Gasteiger partial charge in [-0.25, -0.2) is 4.68 Å². The molecule has 1 heterocycles. The van der Waals surface area contributed by atoms with Gasteiger partial charge in [0, 0.05) is 24.8 Å². The molecule has 0 unspecified atom stereocenters. The third-order valence-electron chi connectivity index (χ3n) is 5.06. The molecule has 0 radical (unpaired) electrons. The highest BCUT2D eigenvalue weighted by molar-refractivity contribution is 5.92. The van der Waals surface area contributed by atoms with Gasteiger partial charge in [0.1, 0.15) is 0 Å². The van der Waals surface area contributed by atoms with Gasteiger partial charge < -0.3 is 9.64 Å². The predicted molar refractivity (Wildman–Crippen MR) is 117 cm³/mol. The highest BCUT2D eigenvalue weighted by Crippen LogP contribution is 2.33. The summed E-state index contributed by atoms with van der Waals surface area (Å²) in [5.74, 6) is -1.37. The maximum absolute atomic E-state index is 13.6. The van der Waals surface area contributed by atoms with Crippen molar-refractivity contribution in [2.24, 2.45) is 0 Å². The number of aryl methyl sites for hydroxylation is 1. The number of rotatable bonds is 7. The Balaban J connectivity index is 2.05. The van der Waals surface area contributed by atoms with Crippen molar-refractivity contribution in [3.63, 3.8) is 0 Å². The summed E-state index contributed by atoms with van der Waals surface area (Å²) in [5.41, 5.74) is -1.70. The molecule has 178 valence electrons. The van der Waals surface area contributed by atoms with Crippen LogP contribution in [0.25, 0.3) is 5.69 Å². The molecule has 10 heteroatoms. The number of para-hydroxylation sites is 1. The van der Waals surface area contributed by atoms with Crippen LogP contribution in [-0.4, -0.2) is 40.2 Å². The van der Waals surface area contributed by atoms with Crippen LogP contribution < -0.4 is 5.43 Å². The highest BCUT2D eigenvalue weighted by Gasteiger charge is 2.34. The van der Waals surface area contributed by atoms with Crippen molar-refractivity contribution >= 4 is 11.9 Å². The minimum atomic E-state index is -4.67. The second-order valence-corrected chi connectivity index (χ2v) is 7.46. The second kappa shape index (κ2) is 10.3. The van der Waals surface area contributed by atoms with Gasteiger partial charge in [0.25, 0.3) is 5.91 Å². The van der Waals surface area contributed by atoms with E-state index in [2.05, 4.69) is 9.84 Å². The summed E-state index contributed by atoms with van der Waals surface area (Å²) < 4.78 is 46.2. The molecule has 7 nitrogen and oxygen atoms in total. The molecule has 0 aliphatic rings. The van der Waals surface area contributed by atoms with Gasteiger partial charge in [0.15, 0.2) is 5.69 Å². The quantitative estimate of drug-likeness (QED) is 0.488. The molecule has 1 amide bonds. The Bertz CT molecular complexity index is 1240. The van der Waals surface area contributed by atoms with Crippen LogP contribution in [0.1, 0.15) is 33.7 Å². The number of carbonyl (C=O) groups excluding carboxylic acids is 2. The van der Waals surface area contributed by atoms with Crippen molar-refractivity contribution in [1.82, 2.24) is 14.7 Å². The molecule has 0 aliphatic heterocycles. The standard InChI is InChI=1S/C24H22F3N3O4/c1-16-14-20(31)22(28-30(16)19-11-7-6-10-18(19)24(25,26)27)23(33)29(13-12-21(32)34-2)15-17-8-4-3-5-9-17/h3-11,14H,12-13,15H2,1-2H3. The van der Waals surface area contributed by atoms with E-state index >= 15 is 0 Å². The lowest BCUT2D eigenvalue weighted by Gasteiger charge is -2.23. The Morgan fingerprint density at radius 3 is 2.35 bits per heavy atom. The summed E-state index contributed by atoms with van der Waals surface area (Å²) in [5, 5.41) is 4.02. The summed E-state index contributed by atoms with van der Waals surface area (Å²) in [7, 11) is 1.21. The summed E-state index contributed by atoms with van der Waals surface area (Å²) in [4.78, 5) is 38.9.